The Bertz CT molecular complexity index is 1310. The average molecular weight is 480 g/mol. The van der Waals surface area contributed by atoms with E-state index >= 15 is 0 Å². The number of hydrogen-bond donors (Lipinski definition) is 0. The second-order valence-corrected chi connectivity index (χ2v) is 10.8. The first-order chi connectivity index (χ1) is 16.5. The van der Waals surface area contributed by atoms with E-state index in [4.69, 9.17) is 9.84 Å². The lowest BCUT2D eigenvalue weighted by atomic mass is 10.0. The summed E-state index contributed by atoms with van der Waals surface area (Å²) in [6, 6.07) is 15.3. The summed E-state index contributed by atoms with van der Waals surface area (Å²) in [4.78, 5) is 15.5. The van der Waals surface area contributed by atoms with Crippen LogP contribution in [0, 0.1) is 0 Å². The molecule has 0 unspecified atom stereocenters. The normalized spacial score (nSPS) is 16.7. The molecule has 0 atom stereocenters. The quantitative estimate of drug-likeness (QED) is 0.499. The number of benzene rings is 2. The summed E-state index contributed by atoms with van der Waals surface area (Å²) in [5.74, 6) is -0.476. The molecule has 5 rings (SSSR count). The van der Waals surface area contributed by atoms with Gasteiger partial charge in [-0.3, -0.25) is 4.79 Å². The van der Waals surface area contributed by atoms with Crippen LogP contribution in [0.5, 0.6) is 0 Å². The van der Waals surface area contributed by atoms with Gasteiger partial charge >= 0.3 is 0 Å². The topological polar surface area (TPSA) is 81.5 Å². The highest BCUT2D eigenvalue weighted by molar-refractivity contribution is 7.90. The molecule has 1 saturated heterocycles. The lowest BCUT2D eigenvalue weighted by molar-refractivity contribution is 0.0298. The van der Waals surface area contributed by atoms with E-state index in [0.29, 0.717) is 48.0 Å². The van der Waals surface area contributed by atoms with Crippen LogP contribution in [0.3, 0.4) is 0 Å². The fourth-order valence-electron chi connectivity index (χ4n) is 4.73. The van der Waals surface area contributed by atoms with Gasteiger partial charge in [-0.05, 0) is 36.6 Å². The molecule has 2 aliphatic heterocycles. The van der Waals surface area contributed by atoms with Crippen molar-refractivity contribution in [2.75, 3.05) is 26.3 Å². The lowest BCUT2D eigenvalue weighted by Crippen LogP contribution is -2.41. The van der Waals surface area contributed by atoms with Crippen LogP contribution in [0.2, 0.25) is 0 Å². The molecule has 1 fully saturated rings. The Morgan fingerprint density at radius 3 is 2.56 bits per heavy atom. The Kier molecular flexibility index (Phi) is 6.27. The number of aryl methyl sites for hydroxylation is 1. The fraction of sp³-hybridized carbons (Fsp3) is 0.385. The third-order valence-electron chi connectivity index (χ3n) is 6.52. The van der Waals surface area contributed by atoms with E-state index in [2.05, 4.69) is 6.92 Å². The van der Waals surface area contributed by atoms with Gasteiger partial charge in [0.1, 0.15) is 0 Å². The zero-order valence-electron chi connectivity index (χ0n) is 19.4. The van der Waals surface area contributed by atoms with Crippen LogP contribution >= 0.6 is 0 Å². The van der Waals surface area contributed by atoms with Crippen LogP contribution < -0.4 is 0 Å². The van der Waals surface area contributed by atoms with Crippen LogP contribution in [0.25, 0.3) is 16.9 Å². The maximum absolute atomic E-state index is 13.4. The summed E-state index contributed by atoms with van der Waals surface area (Å²) in [7, 11) is -3.61. The standard InChI is InChI=1S/C26H29N3O4S/c1-2-3-5-8-19-11-12-21-23(17-19)34(31,32)18-22-24(26(30)28-13-15-33-16-14-28)27-29(25(21)22)20-9-6-4-7-10-20/h4,6-7,9-12,17H,2-3,5,8,13-16,18H2,1H3. The highest BCUT2D eigenvalue weighted by atomic mass is 32.2. The van der Waals surface area contributed by atoms with E-state index in [1.54, 1.807) is 9.58 Å². The number of nitrogens with zero attached hydrogens (tertiary/aromatic N) is 3. The Hall–Kier alpha value is -2.97. The predicted octanol–water partition coefficient (Wildman–Crippen LogP) is 4.03. The van der Waals surface area contributed by atoms with Crippen molar-refractivity contribution >= 4 is 15.7 Å². The van der Waals surface area contributed by atoms with Crippen LogP contribution in [0.4, 0.5) is 0 Å². The van der Waals surface area contributed by atoms with Crippen LogP contribution in [0.15, 0.2) is 53.4 Å². The molecular formula is C26H29N3O4S. The fourth-order valence-corrected chi connectivity index (χ4v) is 6.37. The maximum Gasteiger partial charge on any atom is 0.274 e. The minimum Gasteiger partial charge on any atom is -0.378 e. The van der Waals surface area contributed by atoms with Crippen molar-refractivity contribution in [1.82, 2.24) is 14.7 Å². The van der Waals surface area contributed by atoms with E-state index in [1.165, 1.54) is 0 Å². The highest BCUT2D eigenvalue weighted by Gasteiger charge is 2.37. The number of aromatic nitrogens is 2. The van der Waals surface area contributed by atoms with Crippen molar-refractivity contribution in [2.45, 2.75) is 43.3 Å². The van der Waals surface area contributed by atoms with Gasteiger partial charge in [0.25, 0.3) is 5.91 Å². The molecule has 0 spiro atoms. The molecule has 3 aromatic rings. The summed E-state index contributed by atoms with van der Waals surface area (Å²) in [5, 5.41) is 4.70. The van der Waals surface area contributed by atoms with Crippen molar-refractivity contribution in [3.63, 3.8) is 0 Å². The smallest absolute Gasteiger partial charge is 0.274 e. The third-order valence-corrected chi connectivity index (χ3v) is 8.20. The molecule has 178 valence electrons. The molecule has 1 aromatic heterocycles. The Balaban J connectivity index is 1.66. The summed E-state index contributed by atoms with van der Waals surface area (Å²) in [6.07, 6.45) is 4.10. The second-order valence-electron chi connectivity index (χ2n) is 8.87. The number of para-hydroxylation sites is 1. The van der Waals surface area contributed by atoms with Crippen LogP contribution in [-0.4, -0.2) is 55.3 Å². The maximum atomic E-state index is 13.4. The van der Waals surface area contributed by atoms with Crippen LogP contribution in [-0.2, 0) is 26.7 Å². The lowest BCUT2D eigenvalue weighted by Gasteiger charge is -2.26. The van der Waals surface area contributed by atoms with Gasteiger partial charge in [-0.25, -0.2) is 13.1 Å². The first-order valence-electron chi connectivity index (χ1n) is 11.9. The zero-order valence-corrected chi connectivity index (χ0v) is 20.2. The van der Waals surface area contributed by atoms with Gasteiger partial charge < -0.3 is 9.64 Å². The van der Waals surface area contributed by atoms with Crippen molar-refractivity contribution in [1.29, 1.82) is 0 Å². The van der Waals surface area contributed by atoms with E-state index in [9.17, 15) is 13.2 Å². The number of morpholine rings is 1. The highest BCUT2D eigenvalue weighted by Crippen LogP contribution is 2.41. The van der Waals surface area contributed by atoms with Gasteiger partial charge in [0, 0.05) is 24.2 Å². The van der Waals surface area contributed by atoms with E-state index in [1.807, 2.05) is 48.5 Å². The molecule has 8 heteroatoms. The van der Waals surface area contributed by atoms with E-state index in [-0.39, 0.29) is 17.4 Å². The zero-order chi connectivity index (χ0) is 23.7. The van der Waals surface area contributed by atoms with Crippen molar-refractivity contribution in [2.24, 2.45) is 0 Å². The summed E-state index contributed by atoms with van der Waals surface area (Å²) in [6.45, 7) is 4.02. The van der Waals surface area contributed by atoms with Gasteiger partial charge in [0.2, 0.25) is 0 Å². The predicted molar refractivity (Wildman–Crippen MR) is 130 cm³/mol. The third kappa shape index (κ3) is 4.16. The number of hydrogen-bond acceptors (Lipinski definition) is 5. The number of fused-ring (bicyclic) bond motifs is 3. The first-order valence-corrected chi connectivity index (χ1v) is 13.5. The number of ether oxygens (including phenoxy) is 1. The van der Waals surface area contributed by atoms with Gasteiger partial charge in [-0.1, -0.05) is 50.1 Å². The van der Waals surface area contributed by atoms with Crippen molar-refractivity contribution in [3.8, 4) is 16.9 Å². The molecular weight excluding hydrogens is 450 g/mol. The average Bonchev–Trinajstić information content (AvgIpc) is 3.23. The molecule has 0 bridgehead atoms. The minimum absolute atomic E-state index is 0.210. The largest absolute Gasteiger partial charge is 0.378 e. The van der Waals surface area contributed by atoms with Crippen molar-refractivity contribution in [3.05, 3.63) is 65.4 Å². The van der Waals surface area contributed by atoms with Gasteiger partial charge in [-0.15, -0.1) is 0 Å². The molecule has 7 nitrogen and oxygen atoms in total. The Morgan fingerprint density at radius 2 is 1.82 bits per heavy atom. The number of unbranched alkanes of at least 4 members (excludes halogenated alkanes) is 2. The second kappa shape index (κ2) is 9.35. The Morgan fingerprint density at radius 1 is 1.06 bits per heavy atom. The molecule has 0 aliphatic carbocycles. The number of amides is 1. The summed E-state index contributed by atoms with van der Waals surface area (Å²) < 4.78 is 34.0. The van der Waals surface area contributed by atoms with Gasteiger partial charge in [0.15, 0.2) is 15.5 Å². The number of rotatable bonds is 6. The molecule has 0 saturated carbocycles. The van der Waals surface area contributed by atoms with Crippen molar-refractivity contribution < 1.29 is 17.9 Å². The van der Waals surface area contributed by atoms with E-state index < -0.39 is 9.84 Å². The Labute approximate surface area is 200 Å². The minimum atomic E-state index is -3.61. The summed E-state index contributed by atoms with van der Waals surface area (Å²) in [5.41, 5.74) is 3.80. The van der Waals surface area contributed by atoms with Gasteiger partial charge in [0.05, 0.1) is 35.2 Å². The number of carbonyl (C=O) groups is 1. The monoisotopic (exact) mass is 479 g/mol. The molecule has 0 radical (unpaired) electrons. The summed E-state index contributed by atoms with van der Waals surface area (Å²) >= 11 is 0. The number of carbonyl (C=O) groups excluding carboxylic acids is 1. The molecule has 0 N–H and O–H groups in total. The molecule has 34 heavy (non-hydrogen) atoms. The first kappa shape index (κ1) is 22.8. The SMILES string of the molecule is CCCCCc1ccc2c(c1)S(=O)(=O)Cc1c(C(=O)N3CCOCC3)nn(-c3ccccc3)c1-2. The van der Waals surface area contributed by atoms with Crippen LogP contribution in [0.1, 0.15) is 47.8 Å². The molecule has 3 heterocycles. The molecule has 2 aliphatic rings. The van der Waals surface area contributed by atoms with E-state index in [0.717, 1.165) is 36.9 Å². The molecule has 1 amide bonds. The number of sulfone groups is 1. The molecule has 2 aromatic carbocycles. The van der Waals surface area contributed by atoms with Gasteiger partial charge in [-0.2, -0.15) is 5.10 Å².